The third-order valence-corrected chi connectivity index (χ3v) is 14.7. The zero-order valence-corrected chi connectivity index (χ0v) is 17.4. The Morgan fingerprint density at radius 1 is 0.929 bits per heavy atom. The molecule has 0 spiro atoms. The van der Waals surface area contributed by atoms with Crippen molar-refractivity contribution in [1.82, 2.24) is 0 Å². The molecule has 1 fully saturated rings. The van der Waals surface area contributed by atoms with Crippen LogP contribution in [0.1, 0.15) is 12.8 Å². The van der Waals surface area contributed by atoms with E-state index >= 15 is 0 Å². The second-order valence-electron chi connectivity index (χ2n) is 2.58. The van der Waals surface area contributed by atoms with Crippen molar-refractivity contribution >= 4 is 70.2 Å². The fraction of sp³-hybridized carbons (Fsp3) is 0.667. The number of hydrogen-bond acceptors (Lipinski definition) is 6. The molecule has 80 valence electrons. The van der Waals surface area contributed by atoms with Gasteiger partial charge in [-0.3, -0.25) is 0 Å². The molecule has 14 heavy (non-hydrogen) atoms. The Hall–Kier alpha value is 1.24. The molecule has 0 unspecified atom stereocenters. The van der Waals surface area contributed by atoms with Gasteiger partial charge in [-0.05, 0) is 0 Å². The van der Waals surface area contributed by atoms with Gasteiger partial charge in [-0.25, -0.2) is 0 Å². The number of carbonyl (C=O) groups is 2. The van der Waals surface area contributed by atoms with E-state index < -0.39 is 40.3 Å². The van der Waals surface area contributed by atoms with Gasteiger partial charge in [-0.15, -0.1) is 0 Å². The molecule has 1 heterocycles. The quantitative estimate of drug-likeness (QED) is 0.457. The SMILES string of the molecule is O=C1CC[S][SnH2][O]C(=O)CC[S][SnH2][O]1. The molecule has 0 bridgehead atoms. The van der Waals surface area contributed by atoms with Crippen LogP contribution in [0.25, 0.3) is 0 Å². The summed E-state index contributed by atoms with van der Waals surface area (Å²) in [6.45, 7) is 0. The van der Waals surface area contributed by atoms with Crippen LogP contribution in [0.4, 0.5) is 0 Å². The van der Waals surface area contributed by atoms with E-state index in [1.165, 1.54) is 0 Å². The van der Waals surface area contributed by atoms with Crippen LogP contribution < -0.4 is 0 Å². The summed E-state index contributed by atoms with van der Waals surface area (Å²) < 4.78 is 10.3. The molecule has 0 radical (unpaired) electrons. The van der Waals surface area contributed by atoms with Crippen LogP contribution in [0, 0.1) is 0 Å². The number of hydrogen-bond donors (Lipinski definition) is 0. The first kappa shape index (κ1) is 13.3. The van der Waals surface area contributed by atoms with Gasteiger partial charge in [0.1, 0.15) is 0 Å². The number of rotatable bonds is 0. The molecule has 0 amide bonds. The van der Waals surface area contributed by atoms with E-state index in [1.807, 2.05) is 0 Å². The van der Waals surface area contributed by atoms with Crippen molar-refractivity contribution in [2.24, 2.45) is 0 Å². The molecule has 0 aromatic rings. The third kappa shape index (κ3) is 6.67. The normalized spacial score (nSPS) is 24.9. The molecule has 0 saturated carbocycles. The van der Waals surface area contributed by atoms with Crippen LogP contribution in [0.15, 0.2) is 0 Å². The van der Waals surface area contributed by atoms with Crippen LogP contribution in [0.5, 0.6) is 0 Å². The Balaban J connectivity index is 2.26. The van der Waals surface area contributed by atoms with Crippen LogP contribution in [-0.2, 0) is 15.7 Å². The molecule has 1 aliphatic rings. The van der Waals surface area contributed by atoms with Crippen molar-refractivity contribution in [2.45, 2.75) is 12.8 Å². The predicted octanol–water partition coefficient (Wildman–Crippen LogP) is -0.669. The van der Waals surface area contributed by atoms with Gasteiger partial charge in [0.05, 0.1) is 0 Å². The molecule has 1 rings (SSSR count). The Kier molecular flexibility index (Phi) is 7.98. The Labute approximate surface area is 109 Å². The van der Waals surface area contributed by atoms with E-state index in [1.54, 1.807) is 17.9 Å². The van der Waals surface area contributed by atoms with Gasteiger partial charge in [0, 0.05) is 0 Å². The molecule has 0 aromatic heterocycles. The third-order valence-electron chi connectivity index (χ3n) is 1.51. The minimum absolute atomic E-state index is 0.0565. The van der Waals surface area contributed by atoms with Crippen molar-refractivity contribution in [3.05, 3.63) is 0 Å². The Bertz CT molecular complexity index is 176. The van der Waals surface area contributed by atoms with E-state index in [2.05, 4.69) is 0 Å². The van der Waals surface area contributed by atoms with Crippen molar-refractivity contribution < 1.29 is 15.7 Å². The van der Waals surface area contributed by atoms with E-state index in [-0.39, 0.29) is 11.9 Å². The summed E-state index contributed by atoms with van der Waals surface area (Å²) >= 11 is -2.82. The van der Waals surface area contributed by atoms with Crippen LogP contribution >= 0.6 is 17.9 Å². The summed E-state index contributed by atoms with van der Waals surface area (Å²) in [5.41, 5.74) is 0. The van der Waals surface area contributed by atoms with Crippen molar-refractivity contribution in [2.75, 3.05) is 11.5 Å². The zero-order chi connectivity index (χ0) is 10.2. The summed E-state index contributed by atoms with van der Waals surface area (Å²) in [6, 6.07) is 0. The Morgan fingerprint density at radius 3 is 1.79 bits per heavy atom. The molecule has 0 aromatic carbocycles. The molecule has 0 aliphatic carbocycles. The minimum atomic E-state index is -1.41. The van der Waals surface area contributed by atoms with Crippen molar-refractivity contribution in [1.29, 1.82) is 0 Å². The molecule has 0 N–H and O–H groups in total. The summed E-state index contributed by atoms with van der Waals surface area (Å²) in [7, 11) is 3.32. The molecule has 1 aliphatic heterocycles. The summed E-state index contributed by atoms with van der Waals surface area (Å²) in [6.07, 6.45) is 0.966. The average Bonchev–Trinajstić information content (AvgIpc) is 2.14. The summed E-state index contributed by atoms with van der Waals surface area (Å²) in [5.74, 6) is 1.41. The summed E-state index contributed by atoms with van der Waals surface area (Å²) in [4.78, 5) is 22.2. The average molecular weight is 450 g/mol. The monoisotopic (exact) mass is 452 g/mol. The molecule has 8 heteroatoms. The van der Waals surface area contributed by atoms with Crippen molar-refractivity contribution in [3.63, 3.8) is 0 Å². The molecular formula is C6H12O4S2Sn2. The van der Waals surface area contributed by atoms with Crippen LogP contribution in [-0.4, -0.2) is 63.8 Å². The molecule has 1 saturated heterocycles. The van der Waals surface area contributed by atoms with E-state index in [4.69, 9.17) is 6.15 Å². The molecule has 0 atom stereocenters. The second kappa shape index (κ2) is 8.40. The molecule has 4 nitrogen and oxygen atoms in total. The van der Waals surface area contributed by atoms with Gasteiger partial charge in [-0.2, -0.15) is 0 Å². The fourth-order valence-electron chi connectivity index (χ4n) is 0.788. The van der Waals surface area contributed by atoms with Gasteiger partial charge >= 0.3 is 110 Å². The first-order chi connectivity index (χ1) is 6.79. The Morgan fingerprint density at radius 2 is 1.36 bits per heavy atom. The van der Waals surface area contributed by atoms with Gasteiger partial charge in [-0.1, -0.05) is 0 Å². The second-order valence-corrected chi connectivity index (χ2v) is 17.4. The van der Waals surface area contributed by atoms with Gasteiger partial charge in [0.15, 0.2) is 0 Å². The topological polar surface area (TPSA) is 52.6 Å². The first-order valence-corrected chi connectivity index (χ1v) is 19.7. The first-order valence-electron chi connectivity index (χ1n) is 4.26. The van der Waals surface area contributed by atoms with E-state index in [0.717, 1.165) is 11.5 Å². The summed E-state index contributed by atoms with van der Waals surface area (Å²) in [5, 5.41) is 0. The fourth-order valence-corrected chi connectivity index (χ4v) is 11.1. The van der Waals surface area contributed by atoms with Gasteiger partial charge in [0.2, 0.25) is 0 Å². The van der Waals surface area contributed by atoms with Crippen LogP contribution in [0.2, 0.25) is 0 Å². The standard InChI is InChI=1S/2C3H6O2S.2Sn.4H/c2*4-3(5)1-2-6;;;;;;/h2*6H,1-2H2,(H,4,5);;;;;;/q;;2*+2;;;;/p-4. The van der Waals surface area contributed by atoms with Gasteiger partial charge < -0.3 is 0 Å². The van der Waals surface area contributed by atoms with Crippen molar-refractivity contribution in [3.8, 4) is 0 Å². The van der Waals surface area contributed by atoms with E-state index in [0.29, 0.717) is 12.8 Å². The zero-order valence-electron chi connectivity index (χ0n) is 7.69. The van der Waals surface area contributed by atoms with Gasteiger partial charge in [0.25, 0.3) is 0 Å². The number of carbonyl (C=O) groups excluding carboxylic acids is 2. The van der Waals surface area contributed by atoms with Crippen LogP contribution in [0.3, 0.4) is 0 Å². The van der Waals surface area contributed by atoms with E-state index in [9.17, 15) is 9.59 Å². The predicted molar refractivity (Wildman–Crippen MR) is 63.4 cm³/mol. The maximum atomic E-state index is 11.1. The molecular weight excluding hydrogens is 438 g/mol. The maximum absolute atomic E-state index is 11.1.